The smallest absolute Gasteiger partial charge is 0.255 e. The van der Waals surface area contributed by atoms with Crippen molar-refractivity contribution in [2.24, 2.45) is 0 Å². The number of rotatable bonds is 7. The van der Waals surface area contributed by atoms with Crippen molar-refractivity contribution in [1.82, 2.24) is 19.4 Å². The molecule has 0 saturated carbocycles. The maximum absolute atomic E-state index is 13.6. The molecule has 168 valence electrons. The Balaban J connectivity index is 1.49. The third-order valence-corrected chi connectivity index (χ3v) is 6.92. The van der Waals surface area contributed by atoms with Gasteiger partial charge < -0.3 is 9.47 Å². The Morgan fingerprint density at radius 3 is 2.59 bits per heavy atom. The van der Waals surface area contributed by atoms with Gasteiger partial charge in [-0.05, 0) is 57.9 Å². The minimum Gasteiger partial charge on any atom is -0.342 e. The lowest BCUT2D eigenvalue weighted by atomic mass is 10.1. The maximum Gasteiger partial charge on any atom is 0.255 e. The van der Waals surface area contributed by atoms with Gasteiger partial charge in [-0.2, -0.15) is 0 Å². The zero-order chi connectivity index (χ0) is 22.7. The molecule has 1 amide bonds. The van der Waals surface area contributed by atoms with E-state index >= 15 is 0 Å². The highest BCUT2D eigenvalue weighted by atomic mass is 16.2. The Kier molecular flexibility index (Phi) is 6.75. The number of pyridine rings is 1. The van der Waals surface area contributed by atoms with Crippen LogP contribution in [0.2, 0.25) is 0 Å². The summed E-state index contributed by atoms with van der Waals surface area (Å²) in [4.78, 5) is 22.7. The molecule has 0 radical (unpaired) electrons. The maximum atomic E-state index is 13.6. The molecule has 2 unspecified atom stereocenters. The Hall–Kier alpha value is -2.92. The van der Waals surface area contributed by atoms with Crippen molar-refractivity contribution >= 4 is 5.91 Å². The van der Waals surface area contributed by atoms with E-state index in [-0.39, 0.29) is 11.9 Å². The minimum atomic E-state index is 0.145. The SMILES string of the molecule is CCN(C(=O)c1cc(C)n(Cc2ccccn2)c1C)C1CCN(C(C)c2ccccc2)C1. The molecule has 1 aliphatic rings. The third kappa shape index (κ3) is 4.49. The van der Waals surface area contributed by atoms with Gasteiger partial charge in [0, 0.05) is 49.3 Å². The Labute approximate surface area is 191 Å². The van der Waals surface area contributed by atoms with E-state index < -0.39 is 0 Å². The number of hydrogen-bond donors (Lipinski definition) is 0. The molecular weight excluding hydrogens is 396 g/mol. The molecule has 4 rings (SSSR count). The van der Waals surface area contributed by atoms with Crippen molar-refractivity contribution in [3.05, 3.63) is 89.0 Å². The largest absolute Gasteiger partial charge is 0.342 e. The summed E-state index contributed by atoms with van der Waals surface area (Å²) in [6.45, 7) is 11.8. The van der Waals surface area contributed by atoms with Crippen molar-refractivity contribution in [2.75, 3.05) is 19.6 Å². The lowest BCUT2D eigenvalue weighted by Crippen LogP contribution is -2.42. The topological polar surface area (TPSA) is 41.4 Å². The number of carbonyl (C=O) groups is 1. The molecule has 2 aromatic heterocycles. The van der Waals surface area contributed by atoms with E-state index in [1.165, 1.54) is 5.56 Å². The molecule has 5 heteroatoms. The summed E-state index contributed by atoms with van der Waals surface area (Å²) in [6, 6.07) is 19.3. The van der Waals surface area contributed by atoms with E-state index in [4.69, 9.17) is 0 Å². The zero-order valence-corrected chi connectivity index (χ0v) is 19.7. The molecular formula is C27H34N4O. The van der Waals surface area contributed by atoms with Crippen molar-refractivity contribution in [3.63, 3.8) is 0 Å². The number of amides is 1. The lowest BCUT2D eigenvalue weighted by molar-refractivity contribution is 0.0688. The van der Waals surface area contributed by atoms with Gasteiger partial charge in [-0.25, -0.2) is 0 Å². The second-order valence-corrected chi connectivity index (χ2v) is 8.81. The number of aryl methyl sites for hydroxylation is 1. The quantitative estimate of drug-likeness (QED) is 0.538. The van der Waals surface area contributed by atoms with Gasteiger partial charge in [0.25, 0.3) is 5.91 Å². The Bertz CT molecular complexity index is 1040. The number of aromatic nitrogens is 2. The predicted octanol–water partition coefficient (Wildman–Crippen LogP) is 4.85. The number of nitrogens with zero attached hydrogens (tertiary/aromatic N) is 4. The molecule has 0 spiro atoms. The van der Waals surface area contributed by atoms with E-state index in [0.717, 1.165) is 48.7 Å². The van der Waals surface area contributed by atoms with Crippen molar-refractivity contribution in [2.45, 2.75) is 52.7 Å². The van der Waals surface area contributed by atoms with Crippen LogP contribution in [-0.2, 0) is 6.54 Å². The minimum absolute atomic E-state index is 0.145. The average molecular weight is 431 g/mol. The first-order valence-corrected chi connectivity index (χ1v) is 11.7. The van der Waals surface area contributed by atoms with E-state index in [9.17, 15) is 4.79 Å². The predicted molar refractivity (Wildman–Crippen MR) is 129 cm³/mol. The monoisotopic (exact) mass is 430 g/mol. The summed E-state index contributed by atoms with van der Waals surface area (Å²) in [5, 5.41) is 0. The molecule has 1 fully saturated rings. The van der Waals surface area contributed by atoms with Crippen LogP contribution in [0.15, 0.2) is 60.8 Å². The number of benzene rings is 1. The summed E-state index contributed by atoms with van der Waals surface area (Å²) in [6.07, 6.45) is 2.83. The molecule has 5 nitrogen and oxygen atoms in total. The zero-order valence-electron chi connectivity index (χ0n) is 19.7. The van der Waals surface area contributed by atoms with Gasteiger partial charge in [0.1, 0.15) is 0 Å². The molecule has 3 heterocycles. The molecule has 3 aromatic rings. The average Bonchev–Trinajstić information content (AvgIpc) is 3.41. The molecule has 1 saturated heterocycles. The van der Waals surface area contributed by atoms with Gasteiger partial charge in [0.2, 0.25) is 0 Å². The van der Waals surface area contributed by atoms with Gasteiger partial charge in [-0.1, -0.05) is 36.4 Å². The van der Waals surface area contributed by atoms with Gasteiger partial charge in [-0.3, -0.25) is 14.7 Å². The highest BCUT2D eigenvalue weighted by Gasteiger charge is 2.33. The van der Waals surface area contributed by atoms with Crippen LogP contribution in [0.5, 0.6) is 0 Å². The van der Waals surface area contributed by atoms with Crippen LogP contribution >= 0.6 is 0 Å². The lowest BCUT2D eigenvalue weighted by Gasteiger charge is -2.30. The summed E-state index contributed by atoms with van der Waals surface area (Å²) < 4.78 is 2.20. The molecule has 1 aromatic carbocycles. The number of likely N-dealkylation sites (tertiary alicyclic amines) is 1. The number of likely N-dealkylation sites (N-methyl/N-ethyl adjacent to an activating group) is 1. The first kappa shape index (κ1) is 22.3. The fourth-order valence-corrected chi connectivity index (χ4v) is 4.95. The molecule has 32 heavy (non-hydrogen) atoms. The van der Waals surface area contributed by atoms with Crippen LogP contribution in [0.4, 0.5) is 0 Å². The summed E-state index contributed by atoms with van der Waals surface area (Å²) in [5.41, 5.74) is 5.26. The van der Waals surface area contributed by atoms with E-state index in [1.807, 2.05) is 30.5 Å². The van der Waals surface area contributed by atoms with Crippen LogP contribution in [0.1, 0.15) is 59.3 Å². The molecule has 0 aliphatic carbocycles. The first-order chi connectivity index (χ1) is 15.5. The van der Waals surface area contributed by atoms with Crippen molar-refractivity contribution < 1.29 is 4.79 Å². The fourth-order valence-electron chi connectivity index (χ4n) is 4.95. The summed E-state index contributed by atoms with van der Waals surface area (Å²) in [5.74, 6) is 0.145. The molecule has 0 N–H and O–H groups in total. The Morgan fingerprint density at radius 1 is 1.16 bits per heavy atom. The van der Waals surface area contributed by atoms with Gasteiger partial charge in [0.15, 0.2) is 0 Å². The highest BCUT2D eigenvalue weighted by molar-refractivity contribution is 5.96. The first-order valence-electron chi connectivity index (χ1n) is 11.7. The number of carbonyl (C=O) groups excluding carboxylic acids is 1. The van der Waals surface area contributed by atoms with Crippen molar-refractivity contribution in [3.8, 4) is 0 Å². The van der Waals surface area contributed by atoms with Gasteiger partial charge in [-0.15, -0.1) is 0 Å². The van der Waals surface area contributed by atoms with Gasteiger partial charge in [0.05, 0.1) is 17.8 Å². The number of hydrogen-bond acceptors (Lipinski definition) is 3. The van der Waals surface area contributed by atoms with Crippen LogP contribution < -0.4 is 0 Å². The standard InChI is InChI=1S/C27H34N4O/c1-5-30(25-14-16-29(19-25)21(3)23-11-7-6-8-12-23)27(32)26-17-20(2)31(22(26)4)18-24-13-9-10-15-28-24/h6-13,15,17,21,25H,5,14,16,18-19H2,1-4H3. The van der Waals surface area contributed by atoms with Crippen LogP contribution in [0, 0.1) is 13.8 Å². The second kappa shape index (κ2) is 9.70. The summed E-state index contributed by atoms with van der Waals surface area (Å²) in [7, 11) is 0. The van der Waals surface area contributed by atoms with Crippen LogP contribution in [-0.4, -0.2) is 50.9 Å². The molecule has 1 aliphatic heterocycles. The van der Waals surface area contributed by atoms with Gasteiger partial charge >= 0.3 is 0 Å². The molecule has 0 bridgehead atoms. The van der Waals surface area contributed by atoms with E-state index in [1.54, 1.807) is 0 Å². The molecule has 2 atom stereocenters. The second-order valence-electron chi connectivity index (χ2n) is 8.81. The fraction of sp³-hybridized carbons (Fsp3) is 0.407. The highest BCUT2D eigenvalue weighted by Crippen LogP contribution is 2.28. The normalized spacial score (nSPS) is 17.4. The summed E-state index contributed by atoms with van der Waals surface area (Å²) >= 11 is 0. The Morgan fingerprint density at radius 2 is 1.91 bits per heavy atom. The van der Waals surface area contributed by atoms with Crippen LogP contribution in [0.25, 0.3) is 0 Å². The van der Waals surface area contributed by atoms with Crippen LogP contribution in [0.3, 0.4) is 0 Å². The van der Waals surface area contributed by atoms with Crippen molar-refractivity contribution in [1.29, 1.82) is 0 Å². The van der Waals surface area contributed by atoms with E-state index in [2.05, 4.69) is 77.4 Å². The third-order valence-electron chi connectivity index (χ3n) is 6.92. The van der Waals surface area contributed by atoms with E-state index in [0.29, 0.717) is 12.6 Å².